The van der Waals surface area contributed by atoms with E-state index in [4.69, 9.17) is 0 Å². The van der Waals surface area contributed by atoms with Gasteiger partial charge in [-0.15, -0.1) is 0 Å². The predicted octanol–water partition coefficient (Wildman–Crippen LogP) is -14.8. The van der Waals surface area contributed by atoms with Crippen LogP contribution in [0.4, 0.5) is 0 Å². The summed E-state index contributed by atoms with van der Waals surface area (Å²) < 4.78 is 0. The summed E-state index contributed by atoms with van der Waals surface area (Å²) >= 11 is 0. The van der Waals surface area contributed by atoms with E-state index in [-0.39, 0.29) is 196 Å². The molecule has 0 aliphatic rings. The Morgan fingerprint density at radius 3 is 0.750 bits per heavy atom. The molecule has 0 spiro atoms. The van der Waals surface area contributed by atoms with E-state index in [9.17, 15) is 0 Å². The van der Waals surface area contributed by atoms with Crippen LogP contribution in [0.25, 0.3) is 0 Å². The zero-order valence-electron chi connectivity index (χ0n) is 10.0. The van der Waals surface area contributed by atoms with Crippen LogP contribution in [0.1, 0.15) is 5.71 Å². The second kappa shape index (κ2) is 57.1. The van der Waals surface area contributed by atoms with Gasteiger partial charge in [-0.25, -0.2) is 0 Å². The van der Waals surface area contributed by atoms with Gasteiger partial charge in [0, 0.05) is 0 Å². The Balaban J connectivity index is 0. The average Bonchev–Trinajstić information content (AvgIpc) is 0. The molecule has 0 radical (unpaired) electrons. The van der Waals surface area contributed by atoms with Crippen LogP contribution in [0, 0.1) is 0 Å². The van der Waals surface area contributed by atoms with Crippen molar-refractivity contribution in [2.45, 2.75) is 0 Å². The molecule has 0 aromatic heterocycles. The van der Waals surface area contributed by atoms with E-state index in [1.54, 1.807) is 0 Å². The van der Waals surface area contributed by atoms with E-state index in [1.165, 1.54) is 0 Å². The van der Waals surface area contributed by atoms with Crippen molar-refractivity contribution in [3.8, 4) is 0 Å². The largest absolute Gasteiger partial charge is 1.00 e. The third-order valence-electron chi connectivity index (χ3n) is 0. The normalized spacial score (nSPS) is 0. The van der Waals surface area contributed by atoms with Gasteiger partial charge in [-0.1, -0.05) is 0 Å². The van der Waals surface area contributed by atoms with Crippen molar-refractivity contribution in [1.82, 2.24) is 0 Å². The molecule has 0 aromatic rings. The summed E-state index contributed by atoms with van der Waals surface area (Å²) in [5.74, 6) is 0. The monoisotopic (exact) mass is 278 g/mol. The molecule has 0 heterocycles. The van der Waals surface area contributed by atoms with Crippen molar-refractivity contribution >= 4 is 0 Å². The van der Waals surface area contributed by atoms with Gasteiger partial charge in [0.05, 0.1) is 0 Å². The van der Waals surface area contributed by atoms with Crippen LogP contribution in [-0.2, 0) is 0 Å². The van der Waals surface area contributed by atoms with Gasteiger partial charge in [0.25, 0.3) is 0 Å². The zero-order chi connectivity index (χ0) is 0. The molecule has 0 aliphatic carbocycles. The molecule has 0 bridgehead atoms. The number of hydrogen-bond donors (Lipinski definition) is 0. The topological polar surface area (TPSA) is 126 Å². The van der Waals surface area contributed by atoms with Crippen LogP contribution in [0.15, 0.2) is 0 Å². The summed E-state index contributed by atoms with van der Waals surface area (Å²) in [6.45, 7) is 0. The first-order valence-electron chi connectivity index (χ1n) is 0. The van der Waals surface area contributed by atoms with Crippen LogP contribution in [0.3, 0.4) is 0 Å². The van der Waals surface area contributed by atoms with Gasteiger partial charge in [-0.3, -0.25) is 0 Å². The Labute approximate surface area is 190 Å². The third kappa shape index (κ3) is 43.4. The van der Waals surface area contributed by atoms with Gasteiger partial charge in [-0.05, 0) is 0 Å². The maximum Gasteiger partial charge on any atom is 1.00 e. The van der Waals surface area contributed by atoms with Gasteiger partial charge in [0.2, 0.25) is 0 Å². The Hall–Kier alpha value is 5.13. The molecule has 0 unspecified atom stereocenters. The smallest absolute Gasteiger partial charge is 1.00 e. The summed E-state index contributed by atoms with van der Waals surface area (Å²) in [4.78, 5) is 0. The van der Waals surface area contributed by atoms with E-state index < -0.39 is 0 Å². The molecule has 0 saturated heterocycles. The van der Waals surface area contributed by atoms with Gasteiger partial charge in [0.15, 0.2) is 0 Å². The Bertz CT molecular complexity index is 27.0. The molecule has 0 atom stereocenters. The minimum absolute atomic E-state index is 0. The summed E-state index contributed by atoms with van der Waals surface area (Å²) in [5.41, 5.74) is 0. The fraction of sp³-hybridized carbons (Fsp3) is 0. The average molecular weight is 278 g/mol. The van der Waals surface area contributed by atoms with Gasteiger partial charge >= 0.3 is 169 Å². The molecule has 0 aliphatic heterocycles. The zero-order valence-corrected chi connectivity index (χ0v) is 17.4. The van der Waals surface area contributed by atoms with Gasteiger partial charge in [-0.2, -0.15) is 0 Å². The molecule has 0 fully saturated rings. The maximum atomic E-state index is 0. The van der Waals surface area contributed by atoms with Crippen LogP contribution in [0.5, 0.6) is 0 Å². The summed E-state index contributed by atoms with van der Waals surface area (Å²) in [6.07, 6.45) is 0. The number of rotatable bonds is 0. The molecule has 0 rings (SSSR count). The van der Waals surface area contributed by atoms with Crippen LogP contribution < -0.4 is 169 Å². The van der Waals surface area contributed by atoms with E-state index in [1.807, 2.05) is 0 Å². The molecule has 4 nitrogen and oxygen atoms in total. The van der Waals surface area contributed by atoms with E-state index in [0.717, 1.165) is 0 Å². The first-order valence-corrected chi connectivity index (χ1v) is 0. The Kier molecular flexibility index (Phi) is 525. The minimum atomic E-state index is 0. The van der Waals surface area contributed by atoms with Crippen molar-refractivity contribution < 1.29 is 196 Å². The summed E-state index contributed by atoms with van der Waals surface area (Å²) in [5, 5.41) is 0. The fourth-order valence-corrected chi connectivity index (χ4v) is 0. The SMILES string of the molecule is O.O.O.O.[Cs+].[H-].[H-].[H-].[H-].[K+].[Li+].[Na+]. The molecular formula is H12CsKLiNaO4. The molecule has 8 N–H and O–H groups in total. The molecule has 0 amide bonds. The third-order valence-corrected chi connectivity index (χ3v) is 0. The van der Waals surface area contributed by atoms with E-state index in [2.05, 4.69) is 0 Å². The van der Waals surface area contributed by atoms with Crippen molar-refractivity contribution in [3.05, 3.63) is 0 Å². The molecule has 8 heteroatoms. The number of hydrogen-bond acceptors (Lipinski definition) is 0. The van der Waals surface area contributed by atoms with Crippen LogP contribution >= 0.6 is 0 Å². The van der Waals surface area contributed by atoms with Crippen molar-refractivity contribution in [2.75, 3.05) is 0 Å². The summed E-state index contributed by atoms with van der Waals surface area (Å²) in [7, 11) is 0. The molecule has 8 heavy (non-hydrogen) atoms. The van der Waals surface area contributed by atoms with E-state index >= 15 is 0 Å². The minimum Gasteiger partial charge on any atom is -1.00 e. The quantitative estimate of drug-likeness (QED) is 0.390. The molecule has 0 aromatic carbocycles. The van der Waals surface area contributed by atoms with Gasteiger partial charge < -0.3 is 27.6 Å². The summed E-state index contributed by atoms with van der Waals surface area (Å²) in [6, 6.07) is 0. The van der Waals surface area contributed by atoms with Gasteiger partial charge in [0.1, 0.15) is 0 Å². The van der Waals surface area contributed by atoms with Crippen LogP contribution in [0.2, 0.25) is 0 Å². The predicted molar refractivity (Wildman–Crippen MR) is 18.9 cm³/mol. The van der Waals surface area contributed by atoms with Crippen molar-refractivity contribution in [3.63, 3.8) is 0 Å². The fourth-order valence-electron chi connectivity index (χ4n) is 0. The Morgan fingerprint density at radius 1 is 0.750 bits per heavy atom. The second-order valence-corrected chi connectivity index (χ2v) is 0. The molecule has 0 saturated carbocycles. The van der Waals surface area contributed by atoms with E-state index in [0.29, 0.717) is 0 Å². The first-order chi connectivity index (χ1) is 0. The maximum absolute atomic E-state index is 0. The molecule has 40 valence electrons. The molecular weight excluding hydrogens is 266 g/mol. The first kappa shape index (κ1) is 73.5. The standard InChI is InChI=1S/Cs.K.Li.Na.4H2O.4H/h;;;;4*1H2;;;;/q4*+1;;;;;4*-1. The Morgan fingerprint density at radius 2 is 0.750 bits per heavy atom. The van der Waals surface area contributed by atoms with Crippen molar-refractivity contribution in [2.24, 2.45) is 0 Å². The second-order valence-electron chi connectivity index (χ2n) is 0. The van der Waals surface area contributed by atoms with Crippen molar-refractivity contribution in [1.29, 1.82) is 0 Å². The van der Waals surface area contributed by atoms with Crippen LogP contribution in [-0.4, -0.2) is 21.9 Å².